The van der Waals surface area contributed by atoms with Gasteiger partial charge in [0, 0.05) is 29.1 Å². The molecule has 18 heavy (non-hydrogen) atoms. The molecule has 0 spiro atoms. The van der Waals surface area contributed by atoms with E-state index in [1.54, 1.807) is 6.07 Å². The van der Waals surface area contributed by atoms with Crippen LogP contribution < -0.4 is 0 Å². The lowest BCUT2D eigenvalue weighted by atomic mass is 10.1. The van der Waals surface area contributed by atoms with Crippen LogP contribution in [0.3, 0.4) is 0 Å². The normalized spacial score (nSPS) is 15.6. The molecule has 1 saturated heterocycles. The van der Waals surface area contributed by atoms with E-state index >= 15 is 0 Å². The molecule has 4 heteroatoms. The highest BCUT2D eigenvalue weighted by Crippen LogP contribution is 2.29. The van der Waals surface area contributed by atoms with Crippen molar-refractivity contribution in [3.05, 3.63) is 34.5 Å². The first-order valence-corrected chi connectivity index (χ1v) is 6.52. The molecule has 0 radical (unpaired) electrons. The van der Waals surface area contributed by atoms with Gasteiger partial charge in [0.25, 0.3) is 5.91 Å². The molecular formula is C14H14ClNO2. The molecule has 0 unspecified atom stereocenters. The molecule has 1 fully saturated rings. The lowest BCUT2D eigenvalue weighted by molar-refractivity contribution is 0.0762. The van der Waals surface area contributed by atoms with Crippen molar-refractivity contribution in [1.29, 1.82) is 0 Å². The summed E-state index contributed by atoms with van der Waals surface area (Å²) in [4.78, 5) is 14.2. The number of aryl methyl sites for hydroxylation is 1. The fourth-order valence-corrected chi connectivity index (χ4v) is 2.63. The van der Waals surface area contributed by atoms with Gasteiger partial charge >= 0.3 is 0 Å². The van der Waals surface area contributed by atoms with Crippen molar-refractivity contribution in [2.75, 3.05) is 13.1 Å². The maximum Gasteiger partial charge on any atom is 0.289 e. The fraction of sp³-hybridized carbons (Fsp3) is 0.357. The third-order valence-corrected chi connectivity index (χ3v) is 3.72. The molecule has 1 aliphatic rings. The monoisotopic (exact) mass is 263 g/mol. The number of benzene rings is 1. The molecule has 1 aliphatic heterocycles. The summed E-state index contributed by atoms with van der Waals surface area (Å²) in [6.45, 7) is 3.57. The van der Waals surface area contributed by atoms with E-state index in [1.165, 1.54) is 0 Å². The van der Waals surface area contributed by atoms with Crippen LogP contribution in [0.1, 0.15) is 29.0 Å². The van der Waals surface area contributed by atoms with Gasteiger partial charge in [0.2, 0.25) is 0 Å². The Hall–Kier alpha value is -1.48. The van der Waals surface area contributed by atoms with Crippen LogP contribution in [0.4, 0.5) is 0 Å². The number of amides is 1. The maximum atomic E-state index is 12.3. The number of carbonyl (C=O) groups excluding carboxylic acids is 1. The Morgan fingerprint density at radius 3 is 2.78 bits per heavy atom. The molecule has 1 amide bonds. The van der Waals surface area contributed by atoms with Crippen LogP contribution in [0.15, 0.2) is 22.6 Å². The van der Waals surface area contributed by atoms with Gasteiger partial charge in [0.05, 0.1) is 0 Å². The highest BCUT2D eigenvalue weighted by atomic mass is 35.5. The van der Waals surface area contributed by atoms with E-state index in [1.807, 2.05) is 24.0 Å². The van der Waals surface area contributed by atoms with E-state index in [4.69, 9.17) is 16.0 Å². The topological polar surface area (TPSA) is 33.5 Å². The summed E-state index contributed by atoms with van der Waals surface area (Å²) >= 11 is 5.97. The van der Waals surface area contributed by atoms with Gasteiger partial charge in [-0.1, -0.05) is 11.6 Å². The van der Waals surface area contributed by atoms with E-state index in [0.717, 1.165) is 42.5 Å². The number of hydrogen-bond donors (Lipinski definition) is 0. The Balaban J connectivity index is 2.06. The predicted molar refractivity (Wildman–Crippen MR) is 71.1 cm³/mol. The lowest BCUT2D eigenvalue weighted by Crippen LogP contribution is -2.27. The minimum absolute atomic E-state index is 0.00248. The Morgan fingerprint density at radius 2 is 2.06 bits per heavy atom. The van der Waals surface area contributed by atoms with Crippen LogP contribution in [0.5, 0.6) is 0 Å². The molecule has 0 aliphatic carbocycles. The molecule has 3 rings (SSSR count). The molecule has 0 saturated carbocycles. The van der Waals surface area contributed by atoms with Crippen LogP contribution in [0.2, 0.25) is 5.02 Å². The van der Waals surface area contributed by atoms with Gasteiger partial charge in [-0.05, 0) is 38.0 Å². The first kappa shape index (κ1) is 11.6. The van der Waals surface area contributed by atoms with E-state index < -0.39 is 0 Å². The highest BCUT2D eigenvalue weighted by molar-refractivity contribution is 6.31. The Labute approximate surface area is 110 Å². The van der Waals surface area contributed by atoms with Gasteiger partial charge in [-0.25, -0.2) is 0 Å². The minimum Gasteiger partial charge on any atom is -0.451 e. The number of rotatable bonds is 1. The van der Waals surface area contributed by atoms with Crippen molar-refractivity contribution in [2.24, 2.45) is 0 Å². The first-order valence-electron chi connectivity index (χ1n) is 6.15. The molecule has 0 bridgehead atoms. The number of furan rings is 1. The first-order chi connectivity index (χ1) is 8.66. The molecule has 1 aromatic heterocycles. The molecule has 0 N–H and O–H groups in total. The highest BCUT2D eigenvalue weighted by Gasteiger charge is 2.25. The van der Waals surface area contributed by atoms with Gasteiger partial charge < -0.3 is 9.32 Å². The van der Waals surface area contributed by atoms with Crippen LogP contribution in [0.25, 0.3) is 11.0 Å². The maximum absolute atomic E-state index is 12.3. The van der Waals surface area contributed by atoms with E-state index in [-0.39, 0.29) is 5.91 Å². The van der Waals surface area contributed by atoms with Crippen molar-refractivity contribution >= 4 is 28.5 Å². The van der Waals surface area contributed by atoms with Gasteiger partial charge in [0.1, 0.15) is 5.58 Å². The third-order valence-electron chi connectivity index (χ3n) is 3.49. The van der Waals surface area contributed by atoms with Crippen LogP contribution >= 0.6 is 11.6 Å². The van der Waals surface area contributed by atoms with Crippen molar-refractivity contribution in [2.45, 2.75) is 19.8 Å². The van der Waals surface area contributed by atoms with Crippen LogP contribution in [-0.4, -0.2) is 23.9 Å². The van der Waals surface area contributed by atoms with Crippen LogP contribution in [0, 0.1) is 6.92 Å². The summed E-state index contributed by atoms with van der Waals surface area (Å²) in [6.07, 6.45) is 2.16. The largest absolute Gasteiger partial charge is 0.451 e. The Morgan fingerprint density at radius 1 is 1.33 bits per heavy atom. The average molecular weight is 264 g/mol. The van der Waals surface area contributed by atoms with E-state index in [2.05, 4.69) is 0 Å². The van der Waals surface area contributed by atoms with Gasteiger partial charge in [-0.15, -0.1) is 0 Å². The molecule has 3 nitrogen and oxygen atoms in total. The quantitative estimate of drug-likeness (QED) is 0.787. The van der Waals surface area contributed by atoms with Gasteiger partial charge in [0.15, 0.2) is 5.76 Å². The zero-order chi connectivity index (χ0) is 12.7. The summed E-state index contributed by atoms with van der Waals surface area (Å²) in [5.74, 6) is 0.450. The molecule has 1 aromatic carbocycles. The molecule has 2 aromatic rings. The molecule has 2 heterocycles. The smallest absolute Gasteiger partial charge is 0.289 e. The van der Waals surface area contributed by atoms with Crippen molar-refractivity contribution < 1.29 is 9.21 Å². The zero-order valence-corrected chi connectivity index (χ0v) is 11.0. The summed E-state index contributed by atoms with van der Waals surface area (Å²) in [6, 6.07) is 5.43. The standard InChI is InChI=1S/C14H14ClNO2/c1-9-11-8-10(15)4-5-12(11)18-13(9)14(17)16-6-2-3-7-16/h4-5,8H,2-3,6-7H2,1H3. The minimum atomic E-state index is -0.00248. The van der Waals surface area contributed by atoms with Gasteiger partial charge in [-0.3, -0.25) is 4.79 Å². The van der Waals surface area contributed by atoms with Crippen molar-refractivity contribution in [3.63, 3.8) is 0 Å². The number of halogens is 1. The third kappa shape index (κ3) is 1.79. The number of nitrogens with zero attached hydrogens (tertiary/aromatic N) is 1. The number of fused-ring (bicyclic) bond motifs is 1. The Kier molecular flexibility index (Phi) is 2.78. The zero-order valence-electron chi connectivity index (χ0n) is 10.2. The summed E-state index contributed by atoms with van der Waals surface area (Å²) < 4.78 is 5.68. The lowest BCUT2D eigenvalue weighted by Gasteiger charge is -2.13. The second-order valence-corrected chi connectivity index (χ2v) is 5.13. The van der Waals surface area contributed by atoms with Crippen molar-refractivity contribution in [3.8, 4) is 0 Å². The number of hydrogen-bond acceptors (Lipinski definition) is 2. The second-order valence-electron chi connectivity index (χ2n) is 4.70. The number of carbonyl (C=O) groups is 1. The molecule has 94 valence electrons. The van der Waals surface area contributed by atoms with Crippen LogP contribution in [-0.2, 0) is 0 Å². The summed E-state index contributed by atoms with van der Waals surface area (Å²) in [5, 5.41) is 1.58. The van der Waals surface area contributed by atoms with Crippen molar-refractivity contribution in [1.82, 2.24) is 4.90 Å². The second kappa shape index (κ2) is 4.32. The van der Waals surface area contributed by atoms with Gasteiger partial charge in [-0.2, -0.15) is 0 Å². The summed E-state index contributed by atoms with van der Waals surface area (Å²) in [7, 11) is 0. The summed E-state index contributed by atoms with van der Waals surface area (Å²) in [5.41, 5.74) is 1.60. The Bertz CT molecular complexity index is 612. The molecule has 0 atom stereocenters. The van der Waals surface area contributed by atoms with E-state index in [0.29, 0.717) is 10.8 Å². The predicted octanol–water partition coefficient (Wildman–Crippen LogP) is 3.63. The average Bonchev–Trinajstić information content (AvgIpc) is 2.98. The SMILES string of the molecule is Cc1c(C(=O)N2CCCC2)oc2ccc(Cl)cc12. The van der Waals surface area contributed by atoms with E-state index in [9.17, 15) is 4.79 Å². The molecular weight excluding hydrogens is 250 g/mol. The fourth-order valence-electron chi connectivity index (χ4n) is 2.46. The number of likely N-dealkylation sites (tertiary alicyclic amines) is 1.